The standard InChI is InChI=1S/C12H9ClN2O/c13-10-3-1-2-4-11(10)15-7-5-9(6-8-15)12(14)16/h1-8H,(H-,14,16)/p+1. The Balaban J connectivity index is 2.43. The summed E-state index contributed by atoms with van der Waals surface area (Å²) in [6.45, 7) is 0. The van der Waals surface area contributed by atoms with E-state index in [4.69, 9.17) is 17.3 Å². The minimum absolute atomic E-state index is 0.439. The van der Waals surface area contributed by atoms with E-state index in [1.807, 2.05) is 28.8 Å². The molecule has 0 spiro atoms. The molecule has 0 aliphatic carbocycles. The number of aromatic nitrogens is 1. The summed E-state index contributed by atoms with van der Waals surface area (Å²) in [7, 11) is 0. The van der Waals surface area contributed by atoms with Crippen molar-refractivity contribution in [3.63, 3.8) is 0 Å². The number of primary amides is 1. The van der Waals surface area contributed by atoms with Gasteiger partial charge in [0, 0.05) is 18.2 Å². The van der Waals surface area contributed by atoms with Gasteiger partial charge in [-0.25, -0.2) is 0 Å². The molecule has 0 fully saturated rings. The molecule has 0 unspecified atom stereocenters. The highest BCUT2D eigenvalue weighted by Gasteiger charge is 2.10. The third kappa shape index (κ3) is 2.04. The van der Waals surface area contributed by atoms with Crippen LogP contribution in [0.15, 0.2) is 48.8 Å². The van der Waals surface area contributed by atoms with Gasteiger partial charge in [0.25, 0.3) is 0 Å². The highest BCUT2D eigenvalue weighted by atomic mass is 35.5. The van der Waals surface area contributed by atoms with Crippen molar-refractivity contribution in [3.8, 4) is 5.69 Å². The quantitative estimate of drug-likeness (QED) is 0.789. The fourth-order valence-electron chi connectivity index (χ4n) is 1.41. The van der Waals surface area contributed by atoms with Crippen molar-refractivity contribution in [2.45, 2.75) is 0 Å². The predicted octanol–water partition coefficient (Wildman–Crippen LogP) is 1.72. The molecule has 0 aliphatic heterocycles. The molecule has 0 aliphatic rings. The zero-order valence-corrected chi connectivity index (χ0v) is 9.19. The second-order valence-electron chi connectivity index (χ2n) is 3.31. The Morgan fingerprint density at radius 2 is 1.75 bits per heavy atom. The van der Waals surface area contributed by atoms with Crippen molar-refractivity contribution < 1.29 is 9.36 Å². The van der Waals surface area contributed by atoms with E-state index in [2.05, 4.69) is 0 Å². The maximum atomic E-state index is 10.9. The number of hydrogen-bond acceptors (Lipinski definition) is 1. The highest BCUT2D eigenvalue weighted by molar-refractivity contribution is 6.32. The van der Waals surface area contributed by atoms with Gasteiger partial charge in [0.15, 0.2) is 12.4 Å². The lowest BCUT2D eigenvalue weighted by atomic mass is 10.2. The first-order valence-electron chi connectivity index (χ1n) is 4.74. The number of carbonyl (C=O) groups excluding carboxylic acids is 1. The van der Waals surface area contributed by atoms with Crippen LogP contribution in [0.1, 0.15) is 10.4 Å². The molecule has 1 aromatic carbocycles. The normalized spacial score (nSPS) is 10.1. The summed E-state index contributed by atoms with van der Waals surface area (Å²) < 4.78 is 1.83. The number of benzene rings is 1. The van der Waals surface area contributed by atoms with Crippen LogP contribution >= 0.6 is 11.6 Å². The number of carbonyl (C=O) groups is 1. The fraction of sp³-hybridized carbons (Fsp3) is 0. The summed E-state index contributed by atoms with van der Waals surface area (Å²) in [5, 5.41) is 0.652. The molecule has 80 valence electrons. The first kappa shape index (κ1) is 10.6. The number of nitrogens with zero attached hydrogens (tertiary/aromatic N) is 1. The van der Waals surface area contributed by atoms with Crippen LogP contribution < -0.4 is 10.3 Å². The Morgan fingerprint density at radius 1 is 1.12 bits per heavy atom. The van der Waals surface area contributed by atoms with Gasteiger partial charge in [-0.3, -0.25) is 4.79 Å². The first-order valence-corrected chi connectivity index (χ1v) is 5.12. The zero-order chi connectivity index (χ0) is 11.5. The molecule has 1 heterocycles. The lowest BCUT2D eigenvalue weighted by Crippen LogP contribution is -2.30. The van der Waals surface area contributed by atoms with Gasteiger partial charge in [0.1, 0.15) is 5.02 Å². The molecule has 16 heavy (non-hydrogen) atoms. The first-order chi connectivity index (χ1) is 7.68. The summed E-state index contributed by atoms with van der Waals surface area (Å²) in [4.78, 5) is 10.9. The van der Waals surface area contributed by atoms with Gasteiger partial charge in [0.05, 0.1) is 5.56 Å². The third-order valence-corrected chi connectivity index (χ3v) is 2.56. The molecule has 0 radical (unpaired) electrons. The molecule has 2 rings (SSSR count). The van der Waals surface area contributed by atoms with Crippen LogP contribution in [0.3, 0.4) is 0 Å². The number of pyridine rings is 1. The highest BCUT2D eigenvalue weighted by Crippen LogP contribution is 2.14. The SMILES string of the molecule is NC(=O)c1cc[n+](-c2ccccc2Cl)cc1. The number of rotatable bonds is 2. The molecule has 1 amide bonds. The number of amides is 1. The van der Waals surface area contributed by atoms with Gasteiger partial charge in [-0.05, 0) is 6.07 Å². The van der Waals surface area contributed by atoms with E-state index in [1.54, 1.807) is 24.5 Å². The van der Waals surface area contributed by atoms with Crippen LogP contribution in [0.2, 0.25) is 5.02 Å². The number of halogens is 1. The van der Waals surface area contributed by atoms with Gasteiger partial charge >= 0.3 is 0 Å². The lowest BCUT2D eigenvalue weighted by Gasteiger charge is -1.98. The van der Waals surface area contributed by atoms with Crippen molar-refractivity contribution in [3.05, 3.63) is 59.4 Å². The van der Waals surface area contributed by atoms with Crippen molar-refractivity contribution >= 4 is 17.5 Å². The molecule has 0 atom stereocenters. The van der Waals surface area contributed by atoms with Crippen LogP contribution in [0.25, 0.3) is 5.69 Å². The van der Waals surface area contributed by atoms with Crippen LogP contribution in [-0.4, -0.2) is 5.91 Å². The Hall–Kier alpha value is -1.87. The van der Waals surface area contributed by atoms with Gasteiger partial charge in [0.2, 0.25) is 11.6 Å². The molecule has 0 saturated carbocycles. The Labute approximate surface area is 98.1 Å². The van der Waals surface area contributed by atoms with E-state index < -0.39 is 5.91 Å². The van der Waals surface area contributed by atoms with E-state index in [0.29, 0.717) is 10.6 Å². The summed E-state index contributed by atoms with van der Waals surface area (Å²) in [5.41, 5.74) is 6.49. The van der Waals surface area contributed by atoms with Gasteiger partial charge < -0.3 is 5.73 Å². The second kappa shape index (κ2) is 4.33. The van der Waals surface area contributed by atoms with Crippen LogP contribution in [-0.2, 0) is 0 Å². The van der Waals surface area contributed by atoms with Crippen molar-refractivity contribution in [2.75, 3.05) is 0 Å². The summed E-state index contributed by atoms with van der Waals surface area (Å²) in [6, 6.07) is 10.8. The Kier molecular flexibility index (Phi) is 2.88. The van der Waals surface area contributed by atoms with Crippen molar-refractivity contribution in [2.24, 2.45) is 5.73 Å². The molecule has 3 nitrogen and oxygen atoms in total. The van der Waals surface area contributed by atoms with E-state index >= 15 is 0 Å². The minimum Gasteiger partial charge on any atom is -0.366 e. The average molecular weight is 234 g/mol. The van der Waals surface area contributed by atoms with Gasteiger partial charge in [-0.2, -0.15) is 4.57 Å². The molecule has 0 bridgehead atoms. The predicted molar refractivity (Wildman–Crippen MR) is 61.5 cm³/mol. The van der Waals surface area contributed by atoms with Crippen LogP contribution in [0, 0.1) is 0 Å². The lowest BCUT2D eigenvalue weighted by molar-refractivity contribution is -0.595. The Bertz CT molecular complexity index is 523. The number of hydrogen-bond donors (Lipinski definition) is 1. The topological polar surface area (TPSA) is 47.0 Å². The largest absolute Gasteiger partial charge is 0.366 e. The van der Waals surface area contributed by atoms with Crippen LogP contribution in [0.5, 0.6) is 0 Å². The average Bonchev–Trinajstić information content (AvgIpc) is 2.30. The third-order valence-electron chi connectivity index (χ3n) is 2.24. The van der Waals surface area contributed by atoms with Crippen LogP contribution in [0.4, 0.5) is 0 Å². The fourth-order valence-corrected chi connectivity index (χ4v) is 1.65. The molecule has 4 heteroatoms. The summed E-state index contributed by atoms with van der Waals surface area (Å²) in [5.74, 6) is -0.439. The molecule has 2 N–H and O–H groups in total. The molecule has 1 aromatic heterocycles. The zero-order valence-electron chi connectivity index (χ0n) is 8.43. The van der Waals surface area contributed by atoms with Gasteiger partial charge in [-0.15, -0.1) is 0 Å². The summed E-state index contributed by atoms with van der Waals surface area (Å²) in [6.07, 6.45) is 3.50. The smallest absolute Gasteiger partial charge is 0.249 e. The molecular formula is C12H10ClN2O+. The molecular weight excluding hydrogens is 224 g/mol. The minimum atomic E-state index is -0.439. The van der Waals surface area contributed by atoms with Crippen molar-refractivity contribution in [1.82, 2.24) is 0 Å². The number of nitrogens with two attached hydrogens (primary N) is 1. The maximum absolute atomic E-state index is 10.9. The van der Waals surface area contributed by atoms with E-state index in [0.717, 1.165) is 5.69 Å². The van der Waals surface area contributed by atoms with E-state index in [1.165, 1.54) is 0 Å². The monoisotopic (exact) mass is 233 g/mol. The van der Waals surface area contributed by atoms with E-state index in [-0.39, 0.29) is 0 Å². The second-order valence-corrected chi connectivity index (χ2v) is 3.72. The van der Waals surface area contributed by atoms with Crippen molar-refractivity contribution in [1.29, 1.82) is 0 Å². The molecule has 2 aromatic rings. The van der Waals surface area contributed by atoms with Gasteiger partial charge in [-0.1, -0.05) is 23.7 Å². The molecule has 0 saturated heterocycles. The Morgan fingerprint density at radius 3 is 2.31 bits per heavy atom. The number of para-hydroxylation sites is 1. The summed E-state index contributed by atoms with van der Waals surface area (Å²) >= 11 is 6.05. The maximum Gasteiger partial charge on any atom is 0.249 e. The van der Waals surface area contributed by atoms with E-state index in [9.17, 15) is 4.79 Å².